The summed E-state index contributed by atoms with van der Waals surface area (Å²) in [4.78, 5) is 26.5. The van der Waals surface area contributed by atoms with Gasteiger partial charge in [0.05, 0.1) is 5.69 Å². The van der Waals surface area contributed by atoms with Gasteiger partial charge < -0.3 is 15.4 Å². The van der Waals surface area contributed by atoms with Gasteiger partial charge in [0.1, 0.15) is 11.0 Å². The highest BCUT2D eigenvalue weighted by Gasteiger charge is 2.23. The van der Waals surface area contributed by atoms with Crippen LogP contribution in [-0.4, -0.2) is 18.4 Å². The van der Waals surface area contributed by atoms with Crippen molar-refractivity contribution in [2.75, 3.05) is 17.2 Å². The Hall–Kier alpha value is -3.55. The number of rotatable bonds is 9. The van der Waals surface area contributed by atoms with Crippen molar-refractivity contribution in [2.45, 2.75) is 10.1 Å². The summed E-state index contributed by atoms with van der Waals surface area (Å²) in [7, 11) is 0. The minimum absolute atomic E-state index is 0.0949. The zero-order valence-corrected chi connectivity index (χ0v) is 21.1. The number of thioether (sulfide) groups is 1. The average molecular weight is 547 g/mol. The van der Waals surface area contributed by atoms with Gasteiger partial charge in [0, 0.05) is 15.1 Å². The molecule has 0 saturated heterocycles. The molecule has 0 aromatic heterocycles. The predicted octanol–water partition coefficient (Wildman–Crippen LogP) is 6.94. The van der Waals surface area contributed by atoms with Gasteiger partial charge in [-0.05, 0) is 64.0 Å². The van der Waals surface area contributed by atoms with Crippen LogP contribution in [-0.2, 0) is 9.59 Å². The quantitative estimate of drug-likeness (QED) is 0.223. The Balaban J connectivity index is 1.46. The molecule has 0 saturated carbocycles. The largest absolute Gasteiger partial charge is 0.484 e. The van der Waals surface area contributed by atoms with Crippen LogP contribution >= 0.6 is 27.7 Å². The maximum absolute atomic E-state index is 13.3. The maximum atomic E-state index is 13.3. The molecule has 0 aliphatic heterocycles. The van der Waals surface area contributed by atoms with E-state index in [4.69, 9.17) is 4.74 Å². The van der Waals surface area contributed by atoms with Crippen molar-refractivity contribution in [1.29, 1.82) is 0 Å². The molecule has 0 aliphatic carbocycles. The number of benzene rings is 4. The van der Waals surface area contributed by atoms with Crippen LogP contribution in [0.5, 0.6) is 5.75 Å². The summed E-state index contributed by atoms with van der Waals surface area (Å²) in [6.07, 6.45) is 0. The molecule has 2 amide bonds. The fourth-order valence-electron chi connectivity index (χ4n) is 3.31. The van der Waals surface area contributed by atoms with Gasteiger partial charge in [-0.25, -0.2) is 0 Å². The number of carbonyl (C=O) groups is 2. The number of hydrogen-bond acceptors (Lipinski definition) is 4. The molecular formula is C28H23BrN2O3S. The molecule has 2 N–H and O–H groups in total. The summed E-state index contributed by atoms with van der Waals surface area (Å²) in [5.41, 5.74) is 2.22. The van der Waals surface area contributed by atoms with Gasteiger partial charge in [0.2, 0.25) is 5.91 Å². The average Bonchev–Trinajstić information content (AvgIpc) is 2.89. The Morgan fingerprint density at radius 3 is 2.23 bits per heavy atom. The molecule has 4 rings (SSSR count). The van der Waals surface area contributed by atoms with Gasteiger partial charge in [-0.15, -0.1) is 11.8 Å². The Kier molecular flexibility index (Phi) is 8.59. The van der Waals surface area contributed by atoms with Gasteiger partial charge >= 0.3 is 0 Å². The minimum atomic E-state index is -0.490. The van der Waals surface area contributed by atoms with Crippen molar-refractivity contribution in [3.8, 4) is 5.75 Å². The van der Waals surface area contributed by atoms with E-state index in [1.165, 1.54) is 11.8 Å². The van der Waals surface area contributed by atoms with E-state index >= 15 is 0 Å². The lowest BCUT2D eigenvalue weighted by atomic mass is 10.1. The molecule has 4 aromatic rings. The summed E-state index contributed by atoms with van der Waals surface area (Å²) in [6, 6.07) is 33.7. The van der Waals surface area contributed by atoms with Crippen LogP contribution < -0.4 is 15.4 Å². The Bertz CT molecular complexity index is 1290. The number of amides is 2. The molecule has 0 heterocycles. The van der Waals surface area contributed by atoms with Crippen molar-refractivity contribution >= 4 is 50.9 Å². The lowest BCUT2D eigenvalue weighted by Gasteiger charge is -2.18. The Morgan fingerprint density at radius 1 is 0.800 bits per heavy atom. The van der Waals surface area contributed by atoms with Gasteiger partial charge in [-0.3, -0.25) is 9.59 Å². The molecule has 7 heteroatoms. The van der Waals surface area contributed by atoms with Crippen LogP contribution in [0.3, 0.4) is 0 Å². The zero-order valence-electron chi connectivity index (χ0n) is 18.7. The molecule has 1 unspecified atom stereocenters. The Morgan fingerprint density at radius 2 is 1.49 bits per heavy atom. The normalized spacial score (nSPS) is 11.3. The van der Waals surface area contributed by atoms with Gasteiger partial charge in [-0.1, -0.05) is 66.7 Å². The maximum Gasteiger partial charge on any atom is 0.262 e. The molecule has 5 nitrogen and oxygen atoms in total. The highest BCUT2D eigenvalue weighted by molar-refractivity contribution is 9.10. The Labute approximate surface area is 217 Å². The number of para-hydroxylation sites is 2. The predicted molar refractivity (Wildman–Crippen MR) is 145 cm³/mol. The fourth-order valence-corrected chi connectivity index (χ4v) is 4.77. The first-order valence-electron chi connectivity index (χ1n) is 10.9. The molecule has 0 aliphatic rings. The lowest BCUT2D eigenvalue weighted by molar-refractivity contribution is -0.118. The number of ether oxygens (including phenoxy) is 1. The van der Waals surface area contributed by atoms with Gasteiger partial charge in [0.25, 0.3) is 5.91 Å². The van der Waals surface area contributed by atoms with Crippen LogP contribution in [0, 0.1) is 0 Å². The second kappa shape index (κ2) is 12.2. The minimum Gasteiger partial charge on any atom is -0.484 e. The second-order valence-corrected chi connectivity index (χ2v) is 9.59. The number of anilines is 2. The molecule has 0 spiro atoms. The van der Waals surface area contributed by atoms with E-state index in [1.54, 1.807) is 12.1 Å². The van der Waals surface area contributed by atoms with Crippen LogP contribution in [0.15, 0.2) is 119 Å². The van der Waals surface area contributed by atoms with Crippen molar-refractivity contribution < 1.29 is 14.3 Å². The van der Waals surface area contributed by atoms with Crippen LogP contribution in [0.2, 0.25) is 0 Å². The molecule has 1 atom stereocenters. The van der Waals surface area contributed by atoms with Crippen molar-refractivity contribution in [2.24, 2.45) is 0 Å². The van der Waals surface area contributed by atoms with E-state index in [0.29, 0.717) is 17.1 Å². The summed E-state index contributed by atoms with van der Waals surface area (Å²) >= 11 is 4.90. The third-order valence-corrected chi connectivity index (χ3v) is 6.90. The fraction of sp³-hybridized carbons (Fsp3) is 0.0714. The molecule has 4 aromatic carbocycles. The summed E-state index contributed by atoms with van der Waals surface area (Å²) < 4.78 is 6.33. The lowest BCUT2D eigenvalue weighted by Crippen LogP contribution is -2.20. The topological polar surface area (TPSA) is 67.4 Å². The van der Waals surface area contributed by atoms with Crippen molar-refractivity contribution in [3.05, 3.63) is 119 Å². The number of hydrogen-bond donors (Lipinski definition) is 2. The first kappa shape index (κ1) is 24.6. The number of halogens is 1. The monoisotopic (exact) mass is 546 g/mol. The zero-order chi connectivity index (χ0) is 24.5. The van der Waals surface area contributed by atoms with Crippen LogP contribution in [0.4, 0.5) is 11.4 Å². The molecular weight excluding hydrogens is 524 g/mol. The summed E-state index contributed by atoms with van der Waals surface area (Å²) in [6.45, 7) is -0.0949. The van der Waals surface area contributed by atoms with E-state index in [1.807, 2.05) is 97.1 Å². The standard InChI is InChI=1S/C28H23BrN2O3S/c29-24-16-7-8-17-25(24)31-28(33)27(20-10-3-1-4-11-20)35-23-15-9-12-21(18-23)30-26(32)19-34-22-13-5-2-6-14-22/h1-18,27H,19H2,(H,30,32)(H,31,33). The van der Waals surface area contributed by atoms with Gasteiger partial charge in [0.15, 0.2) is 6.61 Å². The number of nitrogens with one attached hydrogen (secondary N) is 2. The van der Waals surface area contributed by atoms with Crippen molar-refractivity contribution in [1.82, 2.24) is 0 Å². The smallest absolute Gasteiger partial charge is 0.262 e. The molecule has 0 bridgehead atoms. The van der Waals surface area contributed by atoms with E-state index in [0.717, 1.165) is 14.9 Å². The van der Waals surface area contributed by atoms with E-state index in [2.05, 4.69) is 26.6 Å². The van der Waals surface area contributed by atoms with E-state index < -0.39 is 5.25 Å². The molecule has 0 radical (unpaired) electrons. The number of carbonyl (C=O) groups excluding carboxylic acids is 2. The first-order valence-corrected chi connectivity index (χ1v) is 12.6. The summed E-state index contributed by atoms with van der Waals surface area (Å²) in [5, 5.41) is 5.38. The SMILES string of the molecule is O=C(COc1ccccc1)Nc1cccc(SC(C(=O)Nc2ccccc2Br)c2ccccc2)c1. The third-order valence-electron chi connectivity index (χ3n) is 4.96. The van der Waals surface area contributed by atoms with Crippen molar-refractivity contribution in [3.63, 3.8) is 0 Å². The third kappa shape index (κ3) is 7.21. The van der Waals surface area contributed by atoms with E-state index in [-0.39, 0.29) is 18.4 Å². The highest BCUT2D eigenvalue weighted by atomic mass is 79.9. The molecule has 176 valence electrons. The van der Waals surface area contributed by atoms with Crippen LogP contribution in [0.25, 0.3) is 0 Å². The molecule has 35 heavy (non-hydrogen) atoms. The molecule has 0 fully saturated rings. The van der Waals surface area contributed by atoms with Gasteiger partial charge in [-0.2, -0.15) is 0 Å². The highest BCUT2D eigenvalue weighted by Crippen LogP contribution is 2.37. The van der Waals surface area contributed by atoms with E-state index in [9.17, 15) is 9.59 Å². The second-order valence-electron chi connectivity index (χ2n) is 7.56. The first-order chi connectivity index (χ1) is 17.1. The van der Waals surface area contributed by atoms with Crippen LogP contribution in [0.1, 0.15) is 10.8 Å². The summed E-state index contributed by atoms with van der Waals surface area (Å²) in [5.74, 6) is 0.231.